The third-order valence-corrected chi connectivity index (χ3v) is 3.29. The number of ether oxygens (including phenoxy) is 2. The van der Waals surface area contributed by atoms with Crippen molar-refractivity contribution in [2.24, 2.45) is 5.41 Å². The quantitative estimate of drug-likeness (QED) is 0.746. The van der Waals surface area contributed by atoms with Crippen LogP contribution in [-0.2, 0) is 14.3 Å². The molecule has 6 heteroatoms. The largest absolute Gasteiger partial charge is 0.466 e. The lowest BCUT2D eigenvalue weighted by atomic mass is 9.84. The van der Waals surface area contributed by atoms with Crippen LogP contribution in [0.15, 0.2) is 0 Å². The second-order valence-electron chi connectivity index (χ2n) is 6.09. The number of carbonyl (C=O) groups excluding carboxylic acids is 2. The van der Waals surface area contributed by atoms with Crippen molar-refractivity contribution in [2.45, 2.75) is 46.1 Å². The van der Waals surface area contributed by atoms with Crippen molar-refractivity contribution < 1.29 is 23.5 Å². The Kier molecular flexibility index (Phi) is 5.36. The summed E-state index contributed by atoms with van der Waals surface area (Å²) < 4.78 is 23.0. The molecule has 0 aromatic carbocycles. The molecule has 116 valence electrons. The van der Waals surface area contributed by atoms with E-state index in [0.29, 0.717) is 13.0 Å². The van der Waals surface area contributed by atoms with Crippen LogP contribution in [0.4, 0.5) is 9.18 Å². The highest BCUT2D eigenvalue weighted by atomic mass is 19.1. The summed E-state index contributed by atoms with van der Waals surface area (Å²) in [5.74, 6) is -0.427. The summed E-state index contributed by atoms with van der Waals surface area (Å²) in [5, 5.41) is 0. The fourth-order valence-corrected chi connectivity index (χ4v) is 2.29. The summed E-state index contributed by atoms with van der Waals surface area (Å²) in [6.07, 6.45) is 0.0164. The van der Waals surface area contributed by atoms with Crippen molar-refractivity contribution in [1.29, 1.82) is 0 Å². The summed E-state index contributed by atoms with van der Waals surface area (Å²) in [4.78, 5) is 25.5. The Hall–Kier alpha value is -1.33. The molecule has 1 fully saturated rings. The number of esters is 1. The van der Waals surface area contributed by atoms with Crippen LogP contribution in [-0.4, -0.2) is 48.9 Å². The summed E-state index contributed by atoms with van der Waals surface area (Å²) in [6.45, 7) is 7.23. The van der Waals surface area contributed by atoms with Gasteiger partial charge in [-0.25, -0.2) is 4.79 Å². The van der Waals surface area contributed by atoms with Crippen molar-refractivity contribution in [3.05, 3.63) is 0 Å². The molecule has 1 atom stereocenters. The minimum atomic E-state index is -0.929. The molecule has 1 rings (SSSR count). The second-order valence-corrected chi connectivity index (χ2v) is 6.09. The number of alkyl halides is 1. The van der Waals surface area contributed by atoms with E-state index in [1.807, 2.05) is 0 Å². The van der Waals surface area contributed by atoms with Crippen LogP contribution < -0.4 is 0 Å². The van der Waals surface area contributed by atoms with Crippen molar-refractivity contribution in [3.8, 4) is 0 Å². The van der Waals surface area contributed by atoms with Gasteiger partial charge < -0.3 is 14.4 Å². The zero-order valence-electron chi connectivity index (χ0n) is 12.7. The Morgan fingerprint density at radius 2 is 2.00 bits per heavy atom. The van der Waals surface area contributed by atoms with Gasteiger partial charge in [0.1, 0.15) is 5.60 Å². The van der Waals surface area contributed by atoms with Crippen molar-refractivity contribution in [3.63, 3.8) is 0 Å². The third-order valence-electron chi connectivity index (χ3n) is 3.29. The summed E-state index contributed by atoms with van der Waals surface area (Å²) in [5.41, 5.74) is -1.52. The number of hydrogen-bond donors (Lipinski definition) is 0. The second kappa shape index (κ2) is 6.41. The molecule has 1 unspecified atom stereocenters. The van der Waals surface area contributed by atoms with Crippen LogP contribution in [0.5, 0.6) is 0 Å². The smallest absolute Gasteiger partial charge is 0.410 e. The number of hydrogen-bond acceptors (Lipinski definition) is 4. The highest BCUT2D eigenvalue weighted by Gasteiger charge is 2.47. The van der Waals surface area contributed by atoms with Gasteiger partial charge >= 0.3 is 12.1 Å². The van der Waals surface area contributed by atoms with Gasteiger partial charge in [0, 0.05) is 13.1 Å². The molecule has 0 N–H and O–H groups in total. The van der Waals surface area contributed by atoms with E-state index in [0.717, 1.165) is 0 Å². The highest BCUT2D eigenvalue weighted by Crippen LogP contribution is 2.36. The van der Waals surface area contributed by atoms with Crippen LogP contribution in [0.3, 0.4) is 0 Å². The first-order valence-electron chi connectivity index (χ1n) is 6.95. The molecule has 0 saturated carbocycles. The molecule has 0 aliphatic carbocycles. The fourth-order valence-electron chi connectivity index (χ4n) is 2.29. The Balaban J connectivity index is 2.74. The molecule has 1 amide bonds. The molecule has 0 radical (unpaired) electrons. The van der Waals surface area contributed by atoms with E-state index in [2.05, 4.69) is 0 Å². The van der Waals surface area contributed by atoms with Gasteiger partial charge in [-0.2, -0.15) is 0 Å². The van der Waals surface area contributed by atoms with Crippen molar-refractivity contribution in [1.82, 2.24) is 4.90 Å². The molecule has 5 nitrogen and oxygen atoms in total. The van der Waals surface area contributed by atoms with Gasteiger partial charge in [0.05, 0.1) is 18.7 Å². The summed E-state index contributed by atoms with van der Waals surface area (Å²) in [7, 11) is 0. The Morgan fingerprint density at radius 3 is 2.50 bits per heavy atom. The van der Waals surface area contributed by atoms with Gasteiger partial charge in [0.25, 0.3) is 0 Å². The number of carbonyl (C=O) groups is 2. The van der Waals surface area contributed by atoms with Gasteiger partial charge in [0.2, 0.25) is 0 Å². The SMILES string of the molecule is CCOC(=O)C1(CCF)CCN(C(=O)OC(C)(C)C)C1. The zero-order chi connectivity index (χ0) is 15.4. The Labute approximate surface area is 119 Å². The first-order valence-corrected chi connectivity index (χ1v) is 6.95. The summed E-state index contributed by atoms with van der Waals surface area (Å²) in [6, 6.07) is 0. The van der Waals surface area contributed by atoms with Gasteiger partial charge in [-0.15, -0.1) is 0 Å². The maximum atomic E-state index is 12.7. The highest BCUT2D eigenvalue weighted by molar-refractivity contribution is 5.79. The average molecular weight is 289 g/mol. The standard InChI is InChI=1S/C14H24FNO4/c1-5-19-11(17)14(6-8-15)7-9-16(10-14)12(18)20-13(2,3)4/h5-10H2,1-4H3. The first kappa shape index (κ1) is 16.7. The minimum absolute atomic E-state index is 0.0745. The first-order chi connectivity index (χ1) is 9.24. The number of likely N-dealkylation sites (tertiary alicyclic amines) is 1. The molecule has 1 aliphatic rings. The molecule has 0 aromatic rings. The molecule has 0 aromatic heterocycles. The Morgan fingerprint density at radius 1 is 1.35 bits per heavy atom. The maximum Gasteiger partial charge on any atom is 0.410 e. The molecule has 1 heterocycles. The summed E-state index contributed by atoms with van der Waals surface area (Å²) >= 11 is 0. The minimum Gasteiger partial charge on any atom is -0.466 e. The average Bonchev–Trinajstić information content (AvgIpc) is 2.73. The number of rotatable bonds is 4. The van der Waals surface area contributed by atoms with Gasteiger partial charge in [-0.3, -0.25) is 9.18 Å². The van der Waals surface area contributed by atoms with E-state index in [-0.39, 0.29) is 19.6 Å². The van der Waals surface area contributed by atoms with E-state index >= 15 is 0 Å². The molecular weight excluding hydrogens is 265 g/mol. The van der Waals surface area contributed by atoms with Gasteiger partial charge in [-0.1, -0.05) is 0 Å². The molecular formula is C14H24FNO4. The number of nitrogens with zero attached hydrogens (tertiary/aromatic N) is 1. The predicted octanol–water partition coefficient (Wildman–Crippen LogP) is 2.54. The molecule has 1 aliphatic heterocycles. The molecule has 20 heavy (non-hydrogen) atoms. The zero-order valence-corrected chi connectivity index (χ0v) is 12.7. The monoisotopic (exact) mass is 289 g/mol. The Bertz CT molecular complexity index is 367. The van der Waals surface area contributed by atoms with Crippen molar-refractivity contribution in [2.75, 3.05) is 26.4 Å². The normalized spacial score (nSPS) is 22.8. The van der Waals surface area contributed by atoms with Crippen molar-refractivity contribution >= 4 is 12.1 Å². The molecule has 0 spiro atoms. The van der Waals surface area contributed by atoms with Crippen LogP contribution in [0, 0.1) is 5.41 Å². The van der Waals surface area contributed by atoms with E-state index in [4.69, 9.17) is 9.47 Å². The number of halogens is 1. The lowest BCUT2D eigenvalue weighted by molar-refractivity contribution is -0.155. The topological polar surface area (TPSA) is 55.8 Å². The van der Waals surface area contributed by atoms with E-state index in [9.17, 15) is 14.0 Å². The van der Waals surface area contributed by atoms with Gasteiger partial charge in [0.15, 0.2) is 0 Å². The lowest BCUT2D eigenvalue weighted by Crippen LogP contribution is -2.40. The third kappa shape index (κ3) is 4.08. The molecule has 0 bridgehead atoms. The van der Waals surface area contributed by atoms with E-state index in [1.54, 1.807) is 27.7 Å². The van der Waals surface area contributed by atoms with E-state index < -0.39 is 29.8 Å². The maximum absolute atomic E-state index is 12.7. The number of amides is 1. The van der Waals surface area contributed by atoms with Crippen LogP contribution in [0.25, 0.3) is 0 Å². The van der Waals surface area contributed by atoms with Crippen LogP contribution >= 0.6 is 0 Å². The van der Waals surface area contributed by atoms with Gasteiger partial charge in [-0.05, 0) is 40.5 Å². The predicted molar refractivity (Wildman–Crippen MR) is 72.1 cm³/mol. The van der Waals surface area contributed by atoms with Crippen LogP contribution in [0.2, 0.25) is 0 Å². The molecule has 1 saturated heterocycles. The van der Waals surface area contributed by atoms with E-state index in [1.165, 1.54) is 4.90 Å². The lowest BCUT2D eigenvalue weighted by Gasteiger charge is -2.27. The van der Waals surface area contributed by atoms with Crippen LogP contribution in [0.1, 0.15) is 40.5 Å². The fraction of sp³-hybridized carbons (Fsp3) is 0.857.